The molecule has 3 heteroatoms. The molecule has 0 aliphatic heterocycles. The first kappa shape index (κ1) is 11.1. The largest absolute Gasteiger partial charge is 0.487 e. The van der Waals surface area contributed by atoms with Crippen LogP contribution < -0.4 is 10.2 Å². The summed E-state index contributed by atoms with van der Waals surface area (Å²) >= 11 is 6.07. The maximum absolute atomic E-state index is 6.07. The summed E-state index contributed by atoms with van der Waals surface area (Å²) in [6.07, 6.45) is 0. The molecule has 0 atom stereocenters. The van der Waals surface area contributed by atoms with Crippen LogP contribution in [0, 0.1) is 0 Å². The van der Waals surface area contributed by atoms with E-state index in [0.29, 0.717) is 11.6 Å². The summed E-state index contributed by atoms with van der Waals surface area (Å²) in [6.45, 7) is 0.545. The molecule has 0 bridgehead atoms. The van der Waals surface area contributed by atoms with Gasteiger partial charge in [-0.3, -0.25) is 0 Å². The van der Waals surface area contributed by atoms with Crippen molar-refractivity contribution in [3.8, 4) is 5.75 Å². The highest BCUT2D eigenvalue weighted by atomic mass is 35.5. The lowest BCUT2D eigenvalue weighted by atomic mass is 9.97. The van der Waals surface area contributed by atoms with Gasteiger partial charge in [0.25, 0.3) is 0 Å². The van der Waals surface area contributed by atoms with Crippen molar-refractivity contribution in [3.63, 3.8) is 0 Å². The van der Waals surface area contributed by atoms with E-state index in [4.69, 9.17) is 16.3 Å². The Kier molecular flexibility index (Phi) is 3.52. The van der Waals surface area contributed by atoms with E-state index in [-0.39, 0.29) is 0 Å². The lowest BCUT2D eigenvalue weighted by Crippen LogP contribution is -2.02. The highest BCUT2D eigenvalue weighted by Gasteiger charge is 2.01. The van der Waals surface area contributed by atoms with Gasteiger partial charge in [0.05, 0.1) is 5.02 Å². The van der Waals surface area contributed by atoms with E-state index in [9.17, 15) is 0 Å². The van der Waals surface area contributed by atoms with Gasteiger partial charge in [-0.25, -0.2) is 0 Å². The Bertz CT molecular complexity index is 471. The number of hydrogen-bond acceptors (Lipinski definition) is 1. The van der Waals surface area contributed by atoms with Crippen molar-refractivity contribution in [3.05, 3.63) is 59.1 Å². The minimum Gasteiger partial charge on any atom is -0.487 e. The molecule has 80 valence electrons. The zero-order valence-corrected chi connectivity index (χ0v) is 9.87. The van der Waals surface area contributed by atoms with Crippen LogP contribution in [0.2, 0.25) is 5.02 Å². The molecule has 0 aliphatic rings. The Morgan fingerprint density at radius 3 is 2.50 bits per heavy atom. The minimum atomic E-state index is 0.545. The van der Waals surface area contributed by atoms with Gasteiger partial charge in [0, 0.05) is 0 Å². The standard InChI is InChI=1S/C13H12BClO/c14-11-6-7-13(12(15)8-11)16-9-10-4-2-1-3-5-10/h1-8H,9,14H2. The molecule has 16 heavy (non-hydrogen) atoms. The van der Waals surface area contributed by atoms with Crippen LogP contribution in [0.5, 0.6) is 5.75 Å². The zero-order valence-electron chi connectivity index (χ0n) is 9.11. The zero-order chi connectivity index (χ0) is 11.4. The first-order valence-electron chi connectivity index (χ1n) is 5.18. The number of ether oxygens (including phenoxy) is 1. The Labute approximate surface area is 101 Å². The Hall–Kier alpha value is -1.41. The van der Waals surface area contributed by atoms with Gasteiger partial charge in [-0.05, 0) is 17.7 Å². The topological polar surface area (TPSA) is 9.23 Å². The van der Waals surface area contributed by atoms with E-state index in [1.165, 1.54) is 0 Å². The highest BCUT2D eigenvalue weighted by molar-refractivity contribution is 6.37. The number of benzene rings is 2. The van der Waals surface area contributed by atoms with Gasteiger partial charge < -0.3 is 4.74 Å². The van der Waals surface area contributed by atoms with E-state index < -0.39 is 0 Å². The van der Waals surface area contributed by atoms with Gasteiger partial charge in [-0.2, -0.15) is 0 Å². The lowest BCUT2D eigenvalue weighted by molar-refractivity contribution is 0.306. The monoisotopic (exact) mass is 230 g/mol. The molecule has 2 rings (SSSR count). The van der Waals surface area contributed by atoms with Crippen LogP contribution in [0.25, 0.3) is 0 Å². The fraction of sp³-hybridized carbons (Fsp3) is 0.0769. The molecule has 0 spiro atoms. The van der Waals surface area contributed by atoms with Crippen molar-refractivity contribution < 1.29 is 4.74 Å². The predicted molar refractivity (Wildman–Crippen MR) is 70.4 cm³/mol. The van der Waals surface area contributed by atoms with Crippen molar-refractivity contribution in [2.75, 3.05) is 0 Å². The summed E-state index contributed by atoms with van der Waals surface area (Å²) in [5, 5.41) is 0.663. The van der Waals surface area contributed by atoms with Crippen LogP contribution in [0.15, 0.2) is 48.5 Å². The normalized spacial score (nSPS) is 10.1. The molecule has 1 nitrogen and oxygen atoms in total. The second-order valence-electron chi connectivity index (χ2n) is 3.71. The molecule has 2 aromatic rings. The Morgan fingerprint density at radius 2 is 1.81 bits per heavy atom. The van der Waals surface area contributed by atoms with E-state index in [1.54, 1.807) is 0 Å². The average molecular weight is 231 g/mol. The third-order valence-corrected chi connectivity index (χ3v) is 2.62. The predicted octanol–water partition coefficient (Wildman–Crippen LogP) is 2.18. The van der Waals surface area contributed by atoms with Crippen LogP contribution in [0.1, 0.15) is 5.56 Å². The molecule has 0 N–H and O–H groups in total. The summed E-state index contributed by atoms with van der Waals surface area (Å²) in [5.41, 5.74) is 2.27. The summed E-state index contributed by atoms with van der Waals surface area (Å²) in [5.74, 6) is 0.733. The van der Waals surface area contributed by atoms with Gasteiger partial charge >= 0.3 is 0 Å². The van der Waals surface area contributed by atoms with E-state index in [0.717, 1.165) is 16.8 Å². The van der Waals surface area contributed by atoms with Crippen LogP contribution in [0.3, 0.4) is 0 Å². The van der Waals surface area contributed by atoms with Gasteiger partial charge in [0.15, 0.2) is 0 Å². The van der Waals surface area contributed by atoms with Crippen molar-refractivity contribution in [1.29, 1.82) is 0 Å². The summed E-state index contributed by atoms with van der Waals surface area (Å²) in [4.78, 5) is 0. The smallest absolute Gasteiger partial charge is 0.139 e. The summed E-state index contributed by atoms with van der Waals surface area (Å²) in [6, 6.07) is 15.8. The minimum absolute atomic E-state index is 0.545. The molecule has 0 radical (unpaired) electrons. The second kappa shape index (κ2) is 5.08. The molecule has 0 aliphatic carbocycles. The molecule has 0 unspecified atom stereocenters. The van der Waals surface area contributed by atoms with Gasteiger partial charge in [-0.15, -0.1) is 0 Å². The van der Waals surface area contributed by atoms with Gasteiger partial charge in [0.1, 0.15) is 20.2 Å². The maximum atomic E-state index is 6.07. The fourth-order valence-corrected chi connectivity index (χ4v) is 1.75. The van der Waals surface area contributed by atoms with Crippen LogP contribution >= 0.6 is 11.6 Å². The SMILES string of the molecule is Bc1ccc(OCc2ccccc2)c(Cl)c1. The van der Waals surface area contributed by atoms with Crippen LogP contribution in [-0.4, -0.2) is 7.85 Å². The maximum Gasteiger partial charge on any atom is 0.139 e. The second-order valence-corrected chi connectivity index (χ2v) is 4.12. The molecular formula is C13H12BClO. The Morgan fingerprint density at radius 1 is 1.06 bits per heavy atom. The van der Waals surface area contributed by atoms with Gasteiger partial charge in [0.2, 0.25) is 0 Å². The molecule has 0 aromatic heterocycles. The molecule has 0 amide bonds. The van der Waals surface area contributed by atoms with E-state index in [2.05, 4.69) is 0 Å². The Balaban J connectivity index is 2.05. The first-order valence-corrected chi connectivity index (χ1v) is 5.56. The molecular weight excluding hydrogens is 218 g/mol. The molecule has 0 heterocycles. The van der Waals surface area contributed by atoms with Crippen molar-refractivity contribution >= 4 is 24.9 Å². The third kappa shape index (κ3) is 2.80. The number of rotatable bonds is 3. The third-order valence-electron chi connectivity index (χ3n) is 2.32. The van der Waals surface area contributed by atoms with Gasteiger partial charge in [-0.1, -0.05) is 53.5 Å². The summed E-state index contributed by atoms with van der Waals surface area (Å²) < 4.78 is 5.65. The first-order chi connectivity index (χ1) is 7.75. The highest BCUT2D eigenvalue weighted by Crippen LogP contribution is 2.23. The van der Waals surface area contributed by atoms with Crippen LogP contribution in [0.4, 0.5) is 0 Å². The van der Waals surface area contributed by atoms with E-state index >= 15 is 0 Å². The van der Waals surface area contributed by atoms with Crippen LogP contribution in [-0.2, 0) is 6.61 Å². The number of halogens is 1. The molecule has 0 saturated carbocycles. The quantitative estimate of drug-likeness (QED) is 0.735. The van der Waals surface area contributed by atoms with Crippen molar-refractivity contribution in [2.45, 2.75) is 6.61 Å². The number of hydrogen-bond donors (Lipinski definition) is 0. The molecule has 0 fully saturated rings. The lowest BCUT2D eigenvalue weighted by Gasteiger charge is -2.08. The molecule has 2 aromatic carbocycles. The van der Waals surface area contributed by atoms with Crippen molar-refractivity contribution in [1.82, 2.24) is 0 Å². The van der Waals surface area contributed by atoms with E-state index in [1.807, 2.05) is 56.4 Å². The molecule has 0 saturated heterocycles. The fourth-order valence-electron chi connectivity index (χ4n) is 1.46. The summed E-state index contributed by atoms with van der Waals surface area (Å²) in [7, 11) is 2.01. The average Bonchev–Trinajstić information content (AvgIpc) is 2.29. The van der Waals surface area contributed by atoms with Crippen molar-refractivity contribution in [2.24, 2.45) is 0 Å².